The molecule has 9 nitrogen and oxygen atoms in total. The van der Waals surface area contributed by atoms with Crippen molar-refractivity contribution in [1.82, 2.24) is 19.7 Å². The summed E-state index contributed by atoms with van der Waals surface area (Å²) < 4.78 is 1.35. The number of pyridine rings is 2. The SMILES string of the molecule is O=C(C[C@H](c1ccc2ncccc2c1)c1c(O)nc2ccccn2c1=O)NCCc1ccc(O)c(O)c1. The Hall–Kier alpha value is -4.92. The quantitative estimate of drug-likeness (QED) is 0.254. The van der Waals surface area contributed by atoms with Gasteiger partial charge in [-0.15, -0.1) is 0 Å². The van der Waals surface area contributed by atoms with Crippen molar-refractivity contribution >= 4 is 22.5 Å². The minimum Gasteiger partial charge on any atom is -0.504 e. The van der Waals surface area contributed by atoms with Crippen LogP contribution in [-0.4, -0.2) is 42.1 Å². The summed E-state index contributed by atoms with van der Waals surface area (Å²) in [6, 6.07) is 18.7. The molecule has 0 radical (unpaired) electrons. The summed E-state index contributed by atoms with van der Waals surface area (Å²) in [4.78, 5) is 35.0. The van der Waals surface area contributed by atoms with Gasteiger partial charge in [0.15, 0.2) is 11.5 Å². The molecule has 5 rings (SSSR count). The highest BCUT2D eigenvalue weighted by Gasteiger charge is 2.26. The average Bonchev–Trinajstić information content (AvgIpc) is 2.90. The number of nitrogens with one attached hydrogen (secondary N) is 1. The highest BCUT2D eigenvalue weighted by Crippen LogP contribution is 2.32. The standard InChI is InChI=1S/C28H24N4O5/c33-22-9-6-17(14-23(22)34)10-12-30-25(35)16-20(18-7-8-21-19(15-18)4-3-11-29-21)26-27(36)31-24-5-1-2-13-32(24)28(26)37/h1-9,11,13-15,20,33-34,36H,10,12,16H2,(H,30,35)/t20-/m1/s1. The van der Waals surface area contributed by atoms with Crippen molar-refractivity contribution in [2.45, 2.75) is 18.8 Å². The van der Waals surface area contributed by atoms with Gasteiger partial charge < -0.3 is 20.6 Å². The largest absolute Gasteiger partial charge is 0.504 e. The number of fused-ring (bicyclic) bond motifs is 2. The summed E-state index contributed by atoms with van der Waals surface area (Å²) in [6.45, 7) is 0.276. The maximum atomic E-state index is 13.4. The normalized spacial score (nSPS) is 12.0. The van der Waals surface area contributed by atoms with Crippen molar-refractivity contribution in [1.29, 1.82) is 0 Å². The first kappa shape index (κ1) is 23.8. The number of carbonyl (C=O) groups excluding carboxylic acids is 1. The fraction of sp³-hybridized carbons (Fsp3) is 0.143. The van der Waals surface area contributed by atoms with E-state index in [2.05, 4.69) is 15.3 Å². The summed E-state index contributed by atoms with van der Waals surface area (Å²) in [5, 5.41) is 33.6. The van der Waals surface area contributed by atoms with Crippen LogP contribution in [0.3, 0.4) is 0 Å². The first-order valence-electron chi connectivity index (χ1n) is 11.7. The van der Waals surface area contributed by atoms with Gasteiger partial charge in [-0.25, -0.2) is 0 Å². The number of phenolic OH excluding ortho intramolecular Hbond substituents is 2. The van der Waals surface area contributed by atoms with Gasteiger partial charge in [-0.05, 0) is 60.0 Å². The molecular weight excluding hydrogens is 472 g/mol. The molecule has 9 heteroatoms. The Morgan fingerprint density at radius 3 is 2.68 bits per heavy atom. The molecule has 1 atom stereocenters. The Morgan fingerprint density at radius 1 is 0.973 bits per heavy atom. The number of aromatic hydroxyl groups is 3. The molecule has 0 aliphatic rings. The van der Waals surface area contributed by atoms with E-state index in [1.807, 2.05) is 18.2 Å². The number of hydrogen-bond donors (Lipinski definition) is 4. The van der Waals surface area contributed by atoms with Crippen LogP contribution in [0.2, 0.25) is 0 Å². The molecule has 5 aromatic rings. The summed E-state index contributed by atoms with van der Waals surface area (Å²) in [7, 11) is 0. The lowest BCUT2D eigenvalue weighted by Crippen LogP contribution is -2.30. The molecule has 186 valence electrons. The molecule has 3 heterocycles. The van der Waals surface area contributed by atoms with Crippen molar-refractivity contribution in [3.63, 3.8) is 0 Å². The second kappa shape index (κ2) is 9.98. The Balaban J connectivity index is 1.46. The van der Waals surface area contributed by atoms with Gasteiger partial charge in [-0.3, -0.25) is 19.0 Å². The molecule has 3 aromatic heterocycles. The van der Waals surface area contributed by atoms with Crippen LogP contribution in [0.1, 0.15) is 29.0 Å². The van der Waals surface area contributed by atoms with Crippen LogP contribution >= 0.6 is 0 Å². The van der Waals surface area contributed by atoms with Gasteiger partial charge in [-0.2, -0.15) is 4.98 Å². The van der Waals surface area contributed by atoms with Crippen LogP contribution in [0.5, 0.6) is 17.4 Å². The molecule has 0 aliphatic carbocycles. The molecule has 0 saturated carbocycles. The minimum atomic E-state index is -0.764. The third-order valence-electron chi connectivity index (χ3n) is 6.29. The lowest BCUT2D eigenvalue weighted by atomic mass is 9.88. The van der Waals surface area contributed by atoms with Crippen LogP contribution < -0.4 is 10.9 Å². The topological polar surface area (TPSA) is 137 Å². The van der Waals surface area contributed by atoms with Gasteiger partial charge in [0, 0.05) is 36.7 Å². The molecular formula is C28H24N4O5. The number of amides is 1. The molecule has 1 amide bonds. The van der Waals surface area contributed by atoms with Crippen LogP contribution in [0, 0.1) is 0 Å². The van der Waals surface area contributed by atoms with Gasteiger partial charge in [0.2, 0.25) is 11.8 Å². The van der Waals surface area contributed by atoms with Crippen molar-refractivity contribution in [2.75, 3.05) is 6.54 Å². The molecule has 0 spiro atoms. The third kappa shape index (κ3) is 4.92. The maximum Gasteiger partial charge on any atom is 0.265 e. The Morgan fingerprint density at radius 2 is 1.84 bits per heavy atom. The molecule has 0 unspecified atom stereocenters. The zero-order valence-electron chi connectivity index (χ0n) is 19.7. The number of rotatable bonds is 7. The number of phenols is 2. The van der Waals surface area contributed by atoms with E-state index in [4.69, 9.17) is 0 Å². The van der Waals surface area contributed by atoms with Gasteiger partial charge in [0.25, 0.3) is 5.56 Å². The molecule has 0 saturated heterocycles. The monoisotopic (exact) mass is 496 g/mol. The highest BCUT2D eigenvalue weighted by atomic mass is 16.3. The van der Waals surface area contributed by atoms with E-state index in [1.54, 1.807) is 48.8 Å². The van der Waals surface area contributed by atoms with Crippen molar-refractivity contribution < 1.29 is 20.1 Å². The van der Waals surface area contributed by atoms with E-state index >= 15 is 0 Å². The van der Waals surface area contributed by atoms with E-state index in [1.165, 1.54) is 16.5 Å². The molecule has 0 aliphatic heterocycles. The predicted octanol–water partition coefficient (Wildman–Crippen LogP) is 3.24. The summed E-state index contributed by atoms with van der Waals surface area (Å²) in [5.74, 6) is -1.94. The summed E-state index contributed by atoms with van der Waals surface area (Å²) >= 11 is 0. The lowest BCUT2D eigenvalue weighted by Gasteiger charge is -2.19. The lowest BCUT2D eigenvalue weighted by molar-refractivity contribution is -0.121. The Kier molecular flexibility index (Phi) is 6.42. The number of aromatic nitrogens is 3. The second-order valence-electron chi connectivity index (χ2n) is 8.72. The smallest absolute Gasteiger partial charge is 0.265 e. The average molecular weight is 497 g/mol. The van der Waals surface area contributed by atoms with Crippen molar-refractivity contribution in [3.8, 4) is 17.4 Å². The van der Waals surface area contributed by atoms with E-state index < -0.39 is 17.4 Å². The van der Waals surface area contributed by atoms with E-state index in [0.29, 0.717) is 17.6 Å². The second-order valence-corrected chi connectivity index (χ2v) is 8.72. The molecule has 0 fully saturated rings. The number of nitrogens with zero attached hydrogens (tertiary/aromatic N) is 3. The van der Waals surface area contributed by atoms with Gasteiger partial charge >= 0.3 is 0 Å². The maximum absolute atomic E-state index is 13.4. The fourth-order valence-electron chi connectivity index (χ4n) is 4.42. The number of benzene rings is 2. The van der Waals surface area contributed by atoms with Crippen molar-refractivity contribution in [2.24, 2.45) is 0 Å². The molecule has 4 N–H and O–H groups in total. The first-order valence-corrected chi connectivity index (χ1v) is 11.7. The molecule has 37 heavy (non-hydrogen) atoms. The van der Waals surface area contributed by atoms with Crippen molar-refractivity contribution in [3.05, 3.63) is 106 Å². The van der Waals surface area contributed by atoms with Crippen LogP contribution in [0.25, 0.3) is 16.6 Å². The molecule has 2 aromatic carbocycles. The van der Waals surface area contributed by atoms with E-state index in [-0.39, 0.29) is 35.9 Å². The molecule has 0 bridgehead atoms. The highest BCUT2D eigenvalue weighted by molar-refractivity contribution is 5.81. The van der Waals surface area contributed by atoms with Crippen LogP contribution in [0.15, 0.2) is 83.9 Å². The predicted molar refractivity (Wildman–Crippen MR) is 138 cm³/mol. The zero-order valence-corrected chi connectivity index (χ0v) is 19.7. The zero-order chi connectivity index (χ0) is 25.9. The number of carbonyl (C=O) groups is 1. The Labute approximate surface area is 211 Å². The third-order valence-corrected chi connectivity index (χ3v) is 6.29. The van der Waals surface area contributed by atoms with Crippen LogP contribution in [0.4, 0.5) is 0 Å². The van der Waals surface area contributed by atoms with E-state index in [9.17, 15) is 24.9 Å². The number of hydrogen-bond acceptors (Lipinski definition) is 7. The van der Waals surface area contributed by atoms with E-state index in [0.717, 1.165) is 16.5 Å². The van der Waals surface area contributed by atoms with Gasteiger partial charge in [0.05, 0.1) is 11.1 Å². The summed E-state index contributed by atoms with van der Waals surface area (Å²) in [6.07, 6.45) is 3.58. The van der Waals surface area contributed by atoms with Gasteiger partial charge in [-0.1, -0.05) is 24.3 Å². The van der Waals surface area contributed by atoms with Gasteiger partial charge in [0.1, 0.15) is 5.65 Å². The Bertz CT molecular complexity index is 1680. The first-order chi connectivity index (χ1) is 17.9. The fourth-order valence-corrected chi connectivity index (χ4v) is 4.42. The van der Waals surface area contributed by atoms with Crippen LogP contribution in [-0.2, 0) is 11.2 Å². The minimum absolute atomic E-state index is 0.0329. The summed E-state index contributed by atoms with van der Waals surface area (Å²) in [5.41, 5.74) is 2.06.